The maximum atomic E-state index is 5.93. The van der Waals surface area contributed by atoms with Crippen LogP contribution in [0.3, 0.4) is 0 Å². The lowest BCUT2D eigenvalue weighted by Crippen LogP contribution is -2.18. The first-order valence-corrected chi connectivity index (χ1v) is 10.1. The minimum atomic E-state index is -0.0598. The molecule has 1 atom stereocenters. The Balaban J connectivity index is 1.51. The van der Waals surface area contributed by atoms with Crippen LogP contribution >= 0.6 is 11.6 Å². The average molecular weight is 426 g/mol. The monoisotopic (exact) mass is 425 g/mol. The van der Waals surface area contributed by atoms with Gasteiger partial charge in [0.05, 0.1) is 37.3 Å². The minimum absolute atomic E-state index is 0.0598. The molecule has 0 N–H and O–H groups in total. The van der Waals surface area contributed by atoms with Crippen LogP contribution in [0.1, 0.15) is 31.2 Å². The van der Waals surface area contributed by atoms with Crippen molar-refractivity contribution in [2.45, 2.75) is 32.0 Å². The van der Waals surface area contributed by atoms with E-state index in [1.165, 1.54) is 0 Å². The number of ether oxygens (including phenoxy) is 2. The maximum Gasteiger partial charge on any atom is 0.151 e. The smallest absolute Gasteiger partial charge is 0.151 e. The van der Waals surface area contributed by atoms with Crippen molar-refractivity contribution in [1.29, 1.82) is 0 Å². The first-order valence-electron chi connectivity index (χ1n) is 9.77. The van der Waals surface area contributed by atoms with Gasteiger partial charge in [-0.2, -0.15) is 10.2 Å². The van der Waals surface area contributed by atoms with Gasteiger partial charge < -0.3 is 9.47 Å². The molecule has 30 heavy (non-hydrogen) atoms. The van der Waals surface area contributed by atoms with Gasteiger partial charge in [-0.1, -0.05) is 16.8 Å². The van der Waals surface area contributed by atoms with E-state index < -0.39 is 0 Å². The number of rotatable bonds is 5. The molecule has 1 aliphatic rings. The molecule has 4 aromatic rings. The Hall–Kier alpha value is -3.04. The van der Waals surface area contributed by atoms with E-state index in [4.69, 9.17) is 21.1 Å². The van der Waals surface area contributed by atoms with Crippen LogP contribution in [0, 0.1) is 0 Å². The number of hydrogen-bond donors (Lipinski definition) is 0. The molecule has 3 aromatic heterocycles. The molecule has 4 heterocycles. The van der Waals surface area contributed by atoms with Gasteiger partial charge in [0.1, 0.15) is 11.4 Å². The summed E-state index contributed by atoms with van der Waals surface area (Å²) in [6, 6.07) is 7.45. The molecule has 1 aliphatic heterocycles. The highest BCUT2D eigenvalue weighted by atomic mass is 35.5. The van der Waals surface area contributed by atoms with E-state index in [-0.39, 0.29) is 6.23 Å². The summed E-state index contributed by atoms with van der Waals surface area (Å²) in [5.74, 6) is 0.730. The fourth-order valence-corrected chi connectivity index (χ4v) is 3.79. The van der Waals surface area contributed by atoms with Crippen molar-refractivity contribution in [3.05, 3.63) is 47.5 Å². The fraction of sp³-hybridized carbons (Fsp3) is 0.350. The quantitative estimate of drug-likeness (QED) is 0.483. The van der Waals surface area contributed by atoms with Gasteiger partial charge in [-0.15, -0.1) is 10.2 Å². The zero-order chi connectivity index (χ0) is 20.5. The molecular formula is C20H20ClN7O2. The predicted octanol–water partition coefficient (Wildman–Crippen LogP) is 3.49. The molecule has 0 bridgehead atoms. The van der Waals surface area contributed by atoms with E-state index in [0.29, 0.717) is 11.7 Å². The highest BCUT2D eigenvalue weighted by Crippen LogP contribution is 2.34. The lowest BCUT2D eigenvalue weighted by Gasteiger charge is -2.23. The van der Waals surface area contributed by atoms with Gasteiger partial charge >= 0.3 is 0 Å². The maximum absolute atomic E-state index is 5.93. The van der Waals surface area contributed by atoms with E-state index >= 15 is 0 Å². The Bertz CT molecular complexity index is 1170. The molecule has 9 nitrogen and oxygen atoms in total. The summed E-state index contributed by atoms with van der Waals surface area (Å²) in [4.78, 5) is 0. The second kappa shape index (κ2) is 8.00. The summed E-state index contributed by atoms with van der Waals surface area (Å²) in [6.45, 7) is 1.20. The highest BCUT2D eigenvalue weighted by molar-refractivity contribution is 6.29. The van der Waals surface area contributed by atoms with Crippen LogP contribution in [0.5, 0.6) is 5.75 Å². The largest absolute Gasteiger partial charge is 0.497 e. The minimum Gasteiger partial charge on any atom is -0.497 e. The van der Waals surface area contributed by atoms with Crippen molar-refractivity contribution in [2.24, 2.45) is 0 Å². The molecule has 1 fully saturated rings. The normalized spacial score (nSPS) is 16.8. The first kappa shape index (κ1) is 19.0. The standard InChI is InChI=1S/C20H20ClN7O2/c1-29-14-8-15(16-10-22-28(18(16)9-14)20-4-2-3-7-30-20)17-12-27(26-24-17)11-13-5-6-19(21)25-23-13/h5-6,8-10,12,20H,2-4,7,11H2,1H3. The van der Waals surface area contributed by atoms with Gasteiger partial charge in [0, 0.05) is 23.6 Å². The van der Waals surface area contributed by atoms with Crippen molar-refractivity contribution in [2.75, 3.05) is 13.7 Å². The van der Waals surface area contributed by atoms with Crippen LogP contribution in [0.2, 0.25) is 5.15 Å². The molecule has 0 amide bonds. The van der Waals surface area contributed by atoms with Crippen LogP contribution in [-0.4, -0.2) is 48.7 Å². The third-order valence-corrected chi connectivity index (χ3v) is 5.38. The number of benzene rings is 1. The van der Waals surface area contributed by atoms with E-state index in [2.05, 4.69) is 25.6 Å². The summed E-state index contributed by atoms with van der Waals surface area (Å²) in [7, 11) is 1.65. The van der Waals surface area contributed by atoms with Crippen LogP contribution < -0.4 is 4.74 Å². The molecule has 5 rings (SSSR count). The highest BCUT2D eigenvalue weighted by Gasteiger charge is 2.21. The fourth-order valence-electron chi connectivity index (χ4n) is 3.69. The molecule has 0 radical (unpaired) electrons. The Morgan fingerprint density at radius 3 is 2.90 bits per heavy atom. The molecule has 0 spiro atoms. The number of fused-ring (bicyclic) bond motifs is 1. The third kappa shape index (κ3) is 3.61. The molecule has 1 unspecified atom stereocenters. The SMILES string of the molecule is COc1cc(-c2cn(Cc3ccc(Cl)nn3)nn2)c2cnn(C3CCCCO3)c2c1. The van der Waals surface area contributed by atoms with E-state index in [1.807, 2.05) is 35.3 Å². The summed E-state index contributed by atoms with van der Waals surface area (Å²) < 4.78 is 15.1. The number of nitrogens with zero attached hydrogens (tertiary/aromatic N) is 7. The van der Waals surface area contributed by atoms with Gasteiger partial charge in [0.25, 0.3) is 0 Å². The van der Waals surface area contributed by atoms with Crippen molar-refractivity contribution in [3.63, 3.8) is 0 Å². The van der Waals surface area contributed by atoms with Crippen molar-refractivity contribution in [3.8, 4) is 17.0 Å². The van der Waals surface area contributed by atoms with Gasteiger partial charge in [-0.25, -0.2) is 9.36 Å². The van der Waals surface area contributed by atoms with Crippen molar-refractivity contribution in [1.82, 2.24) is 35.0 Å². The molecule has 0 aliphatic carbocycles. The third-order valence-electron chi connectivity index (χ3n) is 5.18. The molecule has 10 heteroatoms. The lowest BCUT2D eigenvalue weighted by atomic mass is 10.1. The van der Waals surface area contributed by atoms with Crippen LogP contribution in [-0.2, 0) is 11.3 Å². The number of methoxy groups -OCH3 is 1. The van der Waals surface area contributed by atoms with Crippen molar-refractivity contribution >= 4 is 22.5 Å². The Labute approximate surface area is 177 Å². The zero-order valence-corrected chi connectivity index (χ0v) is 17.2. The number of hydrogen-bond acceptors (Lipinski definition) is 7. The lowest BCUT2D eigenvalue weighted by molar-refractivity contribution is -0.0366. The summed E-state index contributed by atoms with van der Waals surface area (Å²) >= 11 is 5.80. The Kier molecular flexibility index (Phi) is 5.06. The summed E-state index contributed by atoms with van der Waals surface area (Å²) in [5, 5.41) is 22.5. The van der Waals surface area contributed by atoms with E-state index in [1.54, 1.807) is 17.9 Å². The Morgan fingerprint density at radius 1 is 1.20 bits per heavy atom. The zero-order valence-electron chi connectivity index (χ0n) is 16.4. The molecule has 1 saturated heterocycles. The number of aromatic nitrogens is 7. The van der Waals surface area contributed by atoms with Gasteiger partial charge in [0.15, 0.2) is 11.4 Å². The topological polar surface area (TPSA) is 92.8 Å². The first-order chi connectivity index (χ1) is 14.7. The molecule has 0 saturated carbocycles. The second-order valence-corrected chi connectivity index (χ2v) is 7.55. The number of halogens is 1. The predicted molar refractivity (Wildman–Crippen MR) is 110 cm³/mol. The molecular weight excluding hydrogens is 406 g/mol. The van der Waals surface area contributed by atoms with Gasteiger partial charge in [-0.05, 0) is 37.5 Å². The average Bonchev–Trinajstić information content (AvgIpc) is 3.42. The van der Waals surface area contributed by atoms with Crippen molar-refractivity contribution < 1.29 is 9.47 Å². The Morgan fingerprint density at radius 2 is 2.13 bits per heavy atom. The van der Waals surface area contributed by atoms with Crippen LogP contribution in [0.25, 0.3) is 22.2 Å². The van der Waals surface area contributed by atoms with Crippen LogP contribution in [0.4, 0.5) is 0 Å². The second-order valence-electron chi connectivity index (χ2n) is 7.17. The molecule has 1 aromatic carbocycles. The van der Waals surface area contributed by atoms with Crippen LogP contribution in [0.15, 0.2) is 36.7 Å². The summed E-state index contributed by atoms with van der Waals surface area (Å²) in [5.41, 5.74) is 3.33. The van der Waals surface area contributed by atoms with Gasteiger partial charge in [0.2, 0.25) is 0 Å². The van der Waals surface area contributed by atoms with E-state index in [9.17, 15) is 0 Å². The van der Waals surface area contributed by atoms with E-state index in [0.717, 1.165) is 59.5 Å². The van der Waals surface area contributed by atoms with Gasteiger partial charge in [-0.3, -0.25) is 0 Å². The summed E-state index contributed by atoms with van der Waals surface area (Å²) in [6.07, 6.45) is 6.83. The molecule has 154 valence electrons.